The molecule has 0 unspecified atom stereocenters. The molecule has 0 aliphatic heterocycles. The van der Waals surface area contributed by atoms with Crippen molar-refractivity contribution in [3.63, 3.8) is 0 Å². The first kappa shape index (κ1) is 26.1. The van der Waals surface area contributed by atoms with Crippen LogP contribution in [0.25, 0.3) is 21.3 Å². The average molecular weight is 577 g/mol. The van der Waals surface area contributed by atoms with Gasteiger partial charge >= 0.3 is 6.18 Å². The smallest absolute Gasteiger partial charge is 0.421 e. The van der Waals surface area contributed by atoms with Gasteiger partial charge in [-0.1, -0.05) is 35.3 Å². The third kappa shape index (κ3) is 5.11. The number of rotatable bonds is 6. The molecule has 6 nitrogen and oxygen atoms in total. The number of para-hydroxylation sites is 1. The second-order valence-electron chi connectivity index (χ2n) is 8.30. The first-order valence-electron chi connectivity index (χ1n) is 11.1. The average Bonchev–Trinajstić information content (AvgIpc) is 3.29. The van der Waals surface area contributed by atoms with Gasteiger partial charge in [0.05, 0.1) is 27.6 Å². The number of alkyl halides is 3. The van der Waals surface area contributed by atoms with Gasteiger partial charge in [-0.05, 0) is 37.3 Å². The predicted molar refractivity (Wildman–Crippen MR) is 141 cm³/mol. The van der Waals surface area contributed by atoms with Crippen LogP contribution in [-0.2, 0) is 19.3 Å². The molecule has 194 valence electrons. The molecule has 5 aromatic rings. The summed E-state index contributed by atoms with van der Waals surface area (Å²) < 4.78 is 46.8. The number of pyridine rings is 3. The second kappa shape index (κ2) is 10.4. The summed E-state index contributed by atoms with van der Waals surface area (Å²) in [7, 11) is 0. The van der Waals surface area contributed by atoms with Crippen LogP contribution in [0.5, 0.6) is 5.75 Å². The van der Waals surface area contributed by atoms with Gasteiger partial charge < -0.3 is 9.30 Å². The maximum atomic E-state index is 13.2. The van der Waals surface area contributed by atoms with Crippen molar-refractivity contribution < 1.29 is 17.9 Å². The number of hydrogen-bond acceptors (Lipinski definition) is 6. The number of thiazole rings is 1. The van der Waals surface area contributed by atoms with Crippen molar-refractivity contribution >= 4 is 45.4 Å². The Hall–Kier alpha value is -3.47. The van der Waals surface area contributed by atoms with Crippen LogP contribution < -0.4 is 10.3 Å². The normalized spacial score (nSPS) is 11.7. The number of fused-ring (bicyclic) bond motifs is 1. The van der Waals surface area contributed by atoms with Gasteiger partial charge in [-0.3, -0.25) is 9.78 Å². The summed E-state index contributed by atoms with van der Waals surface area (Å²) >= 11 is 14.1. The molecule has 4 heterocycles. The van der Waals surface area contributed by atoms with Crippen molar-refractivity contribution in [2.24, 2.45) is 0 Å². The fourth-order valence-electron chi connectivity index (χ4n) is 4.05. The number of benzene rings is 1. The van der Waals surface area contributed by atoms with E-state index in [1.54, 1.807) is 17.6 Å². The number of nitrogens with zero attached hydrogens (tertiary/aromatic N) is 4. The minimum absolute atomic E-state index is 0.0545. The van der Waals surface area contributed by atoms with Gasteiger partial charge in [0, 0.05) is 34.6 Å². The summed E-state index contributed by atoms with van der Waals surface area (Å²) in [6.45, 7) is 1.58. The van der Waals surface area contributed by atoms with Gasteiger partial charge in [0.1, 0.15) is 28.6 Å². The molecule has 38 heavy (non-hydrogen) atoms. The Bertz CT molecular complexity index is 1720. The van der Waals surface area contributed by atoms with Crippen LogP contribution in [0, 0.1) is 6.92 Å². The lowest BCUT2D eigenvalue weighted by Crippen LogP contribution is -2.28. The largest absolute Gasteiger partial charge is 0.486 e. The second-order valence-corrected chi connectivity index (χ2v) is 9.92. The van der Waals surface area contributed by atoms with Crippen molar-refractivity contribution in [3.8, 4) is 16.2 Å². The molecular formula is C26H17Cl2F3N4O2S. The molecule has 0 saturated carbocycles. The molecule has 0 fully saturated rings. The van der Waals surface area contributed by atoms with Gasteiger partial charge in [-0.25, -0.2) is 9.97 Å². The van der Waals surface area contributed by atoms with Gasteiger partial charge in [0.2, 0.25) is 0 Å². The number of halogens is 5. The number of hydrogen-bond donors (Lipinski definition) is 0. The highest BCUT2D eigenvalue weighted by atomic mass is 35.5. The van der Waals surface area contributed by atoms with Crippen molar-refractivity contribution in [2.75, 3.05) is 0 Å². The fraction of sp³-hybridized carbons (Fsp3) is 0.154. The minimum Gasteiger partial charge on any atom is -0.486 e. The van der Waals surface area contributed by atoms with Crippen molar-refractivity contribution in [1.82, 2.24) is 19.5 Å². The summed E-state index contributed by atoms with van der Waals surface area (Å²) in [4.78, 5) is 26.3. The number of ether oxygens (including phenoxy) is 1. The van der Waals surface area contributed by atoms with Crippen LogP contribution in [0.3, 0.4) is 0 Å². The zero-order chi connectivity index (χ0) is 27.0. The molecule has 4 aromatic heterocycles. The van der Waals surface area contributed by atoms with Gasteiger partial charge in [-0.15, -0.1) is 11.3 Å². The van der Waals surface area contributed by atoms with E-state index in [2.05, 4.69) is 15.0 Å². The highest BCUT2D eigenvalue weighted by Gasteiger charge is 2.34. The first-order chi connectivity index (χ1) is 18.1. The van der Waals surface area contributed by atoms with Crippen LogP contribution in [0.1, 0.15) is 22.5 Å². The first-order valence-corrected chi connectivity index (χ1v) is 12.8. The van der Waals surface area contributed by atoms with E-state index in [4.69, 9.17) is 27.9 Å². The minimum atomic E-state index is -4.77. The van der Waals surface area contributed by atoms with Crippen LogP contribution in [0.2, 0.25) is 10.2 Å². The monoisotopic (exact) mass is 576 g/mol. The topological polar surface area (TPSA) is 69.9 Å². The maximum absolute atomic E-state index is 13.2. The summed E-state index contributed by atoms with van der Waals surface area (Å²) in [6.07, 6.45) is -2.07. The summed E-state index contributed by atoms with van der Waals surface area (Å²) in [5, 5.41) is 1.51. The van der Waals surface area contributed by atoms with Crippen molar-refractivity contribution in [1.29, 1.82) is 0 Å². The lowest BCUT2D eigenvalue weighted by Gasteiger charge is -2.15. The van der Waals surface area contributed by atoms with Crippen molar-refractivity contribution in [3.05, 3.63) is 103 Å². The molecule has 0 atom stereocenters. The number of aryl methyl sites for hydroxylation is 1. The van der Waals surface area contributed by atoms with E-state index in [0.717, 1.165) is 32.2 Å². The molecule has 5 rings (SSSR count). The maximum Gasteiger partial charge on any atom is 0.421 e. The van der Waals surface area contributed by atoms with E-state index in [9.17, 15) is 18.0 Å². The van der Waals surface area contributed by atoms with Gasteiger partial charge in [0.25, 0.3) is 5.56 Å². The quantitative estimate of drug-likeness (QED) is 0.214. The van der Waals surface area contributed by atoms with Crippen LogP contribution >= 0.6 is 34.5 Å². The van der Waals surface area contributed by atoms with E-state index in [1.807, 2.05) is 25.1 Å². The highest BCUT2D eigenvalue weighted by molar-refractivity contribution is 7.14. The molecule has 0 spiro atoms. The zero-order valence-corrected chi connectivity index (χ0v) is 21.9. The standard InChI is InChI=1S/C26H17Cl2F3N4O2S/c1-14-10-16(23-24(28)33-13-38-23)15-4-2-6-21(22(15)34-14)37-12-17-19(27)7-8-32-20(17)11-35-9-3-5-18(25(35)36)26(29,30)31/h2-10,13H,11-12H2,1H3. The Balaban J connectivity index is 1.50. The van der Waals surface area contributed by atoms with E-state index >= 15 is 0 Å². The molecule has 0 aliphatic carbocycles. The zero-order valence-electron chi connectivity index (χ0n) is 19.6. The molecule has 0 aliphatic rings. The Morgan fingerprint density at radius 2 is 1.92 bits per heavy atom. The van der Waals surface area contributed by atoms with E-state index in [-0.39, 0.29) is 13.2 Å². The van der Waals surface area contributed by atoms with E-state index in [1.165, 1.54) is 29.8 Å². The summed E-state index contributed by atoms with van der Waals surface area (Å²) in [6, 6.07) is 10.9. The molecule has 0 saturated heterocycles. The molecule has 0 bridgehead atoms. The Morgan fingerprint density at radius 3 is 2.66 bits per heavy atom. The van der Waals surface area contributed by atoms with E-state index in [0.29, 0.717) is 32.7 Å². The highest BCUT2D eigenvalue weighted by Crippen LogP contribution is 2.38. The Morgan fingerprint density at radius 1 is 1.11 bits per heavy atom. The van der Waals surface area contributed by atoms with Crippen LogP contribution in [0.15, 0.2) is 65.2 Å². The van der Waals surface area contributed by atoms with Crippen LogP contribution in [0.4, 0.5) is 13.2 Å². The summed E-state index contributed by atoms with van der Waals surface area (Å²) in [5.74, 6) is 0.468. The molecule has 1 aromatic carbocycles. The molecular weight excluding hydrogens is 560 g/mol. The molecule has 0 N–H and O–H groups in total. The molecule has 12 heteroatoms. The lowest BCUT2D eigenvalue weighted by atomic mass is 10.1. The summed E-state index contributed by atoms with van der Waals surface area (Å²) in [5.41, 5.74) is 2.20. The Kier molecular flexibility index (Phi) is 7.13. The third-order valence-corrected chi connectivity index (χ3v) is 7.42. The molecule has 0 radical (unpaired) electrons. The lowest BCUT2D eigenvalue weighted by molar-refractivity contribution is -0.138. The fourth-order valence-corrected chi connectivity index (χ4v) is 5.32. The Labute approximate surface area is 228 Å². The van der Waals surface area contributed by atoms with Gasteiger partial charge in [-0.2, -0.15) is 13.2 Å². The van der Waals surface area contributed by atoms with E-state index < -0.39 is 17.3 Å². The van der Waals surface area contributed by atoms with Gasteiger partial charge in [0.15, 0.2) is 0 Å². The molecule has 0 amide bonds. The number of aromatic nitrogens is 4. The van der Waals surface area contributed by atoms with Crippen molar-refractivity contribution in [2.45, 2.75) is 26.3 Å². The third-order valence-electron chi connectivity index (χ3n) is 5.80. The SMILES string of the molecule is Cc1cc(-c2scnc2Cl)c2cccc(OCc3c(Cl)ccnc3Cn3cccc(C(F)(F)F)c3=O)c2n1. The van der Waals surface area contributed by atoms with Crippen LogP contribution in [-0.4, -0.2) is 19.5 Å². The predicted octanol–water partition coefficient (Wildman–Crippen LogP) is 7.18.